The van der Waals surface area contributed by atoms with Crippen LogP contribution in [0.1, 0.15) is 44.2 Å². The zero-order valence-corrected chi connectivity index (χ0v) is 9.02. The molecule has 3 heteroatoms. The number of hydrogen-bond donors (Lipinski definition) is 1. The third-order valence-corrected chi connectivity index (χ3v) is 4.80. The van der Waals surface area contributed by atoms with Gasteiger partial charge in [0.05, 0.1) is 5.69 Å². The molecule has 1 N–H and O–H groups in total. The summed E-state index contributed by atoms with van der Waals surface area (Å²) in [6, 6.07) is 2.00. The highest BCUT2D eigenvalue weighted by Gasteiger charge is 2.58. The van der Waals surface area contributed by atoms with E-state index in [0.717, 1.165) is 18.5 Å². The fraction of sp³-hybridized carbons (Fsp3) is 0.727. The van der Waals surface area contributed by atoms with Crippen LogP contribution in [0.2, 0.25) is 0 Å². The van der Waals surface area contributed by atoms with E-state index in [9.17, 15) is 5.11 Å². The van der Waals surface area contributed by atoms with Crippen LogP contribution in [-0.2, 0) is 5.60 Å². The van der Waals surface area contributed by atoms with Crippen LogP contribution in [0, 0.1) is 5.41 Å². The SMILES string of the molecule is OC1(c2ccsn2)CCCC12CCC2. The molecule has 2 fully saturated rings. The summed E-state index contributed by atoms with van der Waals surface area (Å²) in [4.78, 5) is 0. The van der Waals surface area contributed by atoms with Crippen LogP contribution in [0.3, 0.4) is 0 Å². The predicted octanol–water partition coefficient (Wildman–Crippen LogP) is 2.68. The van der Waals surface area contributed by atoms with Crippen molar-refractivity contribution in [2.45, 2.75) is 44.1 Å². The third kappa shape index (κ3) is 0.920. The van der Waals surface area contributed by atoms with Gasteiger partial charge in [-0.05, 0) is 49.7 Å². The van der Waals surface area contributed by atoms with Crippen LogP contribution >= 0.6 is 11.5 Å². The third-order valence-electron chi connectivity index (χ3n) is 4.24. The number of rotatable bonds is 1. The summed E-state index contributed by atoms with van der Waals surface area (Å²) >= 11 is 1.45. The van der Waals surface area contributed by atoms with Crippen molar-refractivity contribution in [3.8, 4) is 0 Å². The van der Waals surface area contributed by atoms with Crippen LogP contribution in [-0.4, -0.2) is 9.48 Å². The number of hydrogen-bond acceptors (Lipinski definition) is 3. The van der Waals surface area contributed by atoms with Crippen molar-refractivity contribution in [1.82, 2.24) is 4.37 Å². The molecule has 0 saturated heterocycles. The molecular weight excluding hydrogens is 194 g/mol. The molecule has 76 valence electrons. The van der Waals surface area contributed by atoms with Crippen molar-refractivity contribution in [3.63, 3.8) is 0 Å². The number of nitrogens with zero attached hydrogens (tertiary/aromatic N) is 1. The monoisotopic (exact) mass is 209 g/mol. The van der Waals surface area contributed by atoms with Gasteiger partial charge in [-0.1, -0.05) is 6.42 Å². The lowest BCUT2D eigenvalue weighted by Crippen LogP contribution is -2.46. The first kappa shape index (κ1) is 8.86. The Labute approximate surface area is 88.1 Å². The summed E-state index contributed by atoms with van der Waals surface area (Å²) in [7, 11) is 0. The van der Waals surface area contributed by atoms with Gasteiger partial charge in [-0.25, -0.2) is 0 Å². The summed E-state index contributed by atoms with van der Waals surface area (Å²) < 4.78 is 4.34. The molecule has 2 nitrogen and oxygen atoms in total. The second-order valence-electron chi connectivity index (χ2n) is 4.73. The highest BCUT2D eigenvalue weighted by Crippen LogP contribution is 2.62. The van der Waals surface area contributed by atoms with Gasteiger partial charge in [0.25, 0.3) is 0 Å². The second kappa shape index (κ2) is 2.80. The first-order valence-electron chi connectivity index (χ1n) is 5.40. The van der Waals surface area contributed by atoms with E-state index in [1.165, 1.54) is 37.2 Å². The fourth-order valence-corrected chi connectivity index (χ4v) is 3.82. The van der Waals surface area contributed by atoms with Crippen molar-refractivity contribution < 1.29 is 5.11 Å². The molecule has 1 atom stereocenters. The maximum absolute atomic E-state index is 10.8. The largest absolute Gasteiger partial charge is 0.383 e. The van der Waals surface area contributed by atoms with E-state index in [1.807, 2.05) is 11.4 Å². The molecule has 3 rings (SSSR count). The average molecular weight is 209 g/mol. The van der Waals surface area contributed by atoms with Gasteiger partial charge in [0.2, 0.25) is 0 Å². The normalized spacial score (nSPS) is 34.6. The maximum atomic E-state index is 10.8. The molecule has 0 radical (unpaired) electrons. The quantitative estimate of drug-likeness (QED) is 0.771. The fourth-order valence-electron chi connectivity index (χ4n) is 3.25. The molecular formula is C11H15NOS. The lowest BCUT2D eigenvalue weighted by Gasteiger charge is -2.48. The van der Waals surface area contributed by atoms with Crippen molar-refractivity contribution >= 4 is 11.5 Å². The van der Waals surface area contributed by atoms with Gasteiger partial charge in [0.1, 0.15) is 5.60 Å². The van der Waals surface area contributed by atoms with Gasteiger partial charge >= 0.3 is 0 Å². The lowest BCUT2D eigenvalue weighted by atomic mass is 9.59. The van der Waals surface area contributed by atoms with Gasteiger partial charge in [0, 0.05) is 10.8 Å². The van der Waals surface area contributed by atoms with Crippen LogP contribution in [0.4, 0.5) is 0 Å². The van der Waals surface area contributed by atoms with Gasteiger partial charge in [-0.2, -0.15) is 4.37 Å². The zero-order valence-electron chi connectivity index (χ0n) is 8.20. The summed E-state index contributed by atoms with van der Waals surface area (Å²) in [6.07, 6.45) is 6.94. The topological polar surface area (TPSA) is 33.1 Å². The molecule has 2 aliphatic rings. The Morgan fingerprint density at radius 2 is 1.93 bits per heavy atom. The molecule has 1 heterocycles. The standard InChI is InChI=1S/C11H15NOS/c13-11(9-3-8-14-12-9)7-2-6-10(11)4-1-5-10/h3,8,13H,1-2,4-7H2. The first-order chi connectivity index (χ1) is 6.77. The van der Waals surface area contributed by atoms with Crippen molar-refractivity contribution in [2.24, 2.45) is 5.41 Å². The van der Waals surface area contributed by atoms with E-state index in [2.05, 4.69) is 4.37 Å². The van der Waals surface area contributed by atoms with E-state index < -0.39 is 5.60 Å². The Kier molecular flexibility index (Phi) is 1.77. The molecule has 0 aliphatic heterocycles. The van der Waals surface area contributed by atoms with Gasteiger partial charge in [0.15, 0.2) is 0 Å². The molecule has 14 heavy (non-hydrogen) atoms. The molecule has 0 aromatic carbocycles. The van der Waals surface area contributed by atoms with E-state index in [4.69, 9.17) is 0 Å². The molecule has 0 bridgehead atoms. The van der Waals surface area contributed by atoms with Crippen molar-refractivity contribution in [3.05, 3.63) is 17.1 Å². The van der Waals surface area contributed by atoms with Crippen molar-refractivity contribution in [1.29, 1.82) is 0 Å². The minimum absolute atomic E-state index is 0.196. The van der Waals surface area contributed by atoms with E-state index >= 15 is 0 Å². The Hall–Kier alpha value is -0.410. The Bertz CT molecular complexity index is 331. The van der Waals surface area contributed by atoms with Gasteiger partial charge in [-0.15, -0.1) is 0 Å². The van der Waals surface area contributed by atoms with Crippen LogP contribution in [0.25, 0.3) is 0 Å². The van der Waals surface area contributed by atoms with E-state index in [1.54, 1.807) is 0 Å². The Morgan fingerprint density at radius 3 is 2.50 bits per heavy atom. The van der Waals surface area contributed by atoms with Crippen molar-refractivity contribution in [2.75, 3.05) is 0 Å². The summed E-state index contributed by atoms with van der Waals surface area (Å²) in [5.74, 6) is 0. The first-order valence-corrected chi connectivity index (χ1v) is 6.24. The molecule has 1 unspecified atom stereocenters. The molecule has 2 aliphatic carbocycles. The minimum atomic E-state index is -0.592. The smallest absolute Gasteiger partial charge is 0.113 e. The lowest BCUT2D eigenvalue weighted by molar-refractivity contribution is -0.113. The maximum Gasteiger partial charge on any atom is 0.113 e. The van der Waals surface area contributed by atoms with Crippen LogP contribution in [0.5, 0.6) is 0 Å². The Morgan fingerprint density at radius 1 is 1.21 bits per heavy atom. The average Bonchev–Trinajstić information content (AvgIpc) is 2.67. The van der Waals surface area contributed by atoms with E-state index in [-0.39, 0.29) is 5.41 Å². The summed E-state index contributed by atoms with van der Waals surface area (Å²) in [5, 5.41) is 12.7. The highest BCUT2D eigenvalue weighted by molar-refractivity contribution is 7.03. The summed E-state index contributed by atoms with van der Waals surface area (Å²) in [5.41, 5.74) is 0.534. The summed E-state index contributed by atoms with van der Waals surface area (Å²) in [6.45, 7) is 0. The van der Waals surface area contributed by atoms with Crippen LogP contribution in [0.15, 0.2) is 11.4 Å². The van der Waals surface area contributed by atoms with Gasteiger partial charge in [-0.3, -0.25) is 0 Å². The minimum Gasteiger partial charge on any atom is -0.383 e. The number of aromatic nitrogens is 1. The van der Waals surface area contributed by atoms with Gasteiger partial charge < -0.3 is 5.11 Å². The Balaban J connectivity index is 2.02. The highest BCUT2D eigenvalue weighted by atomic mass is 32.1. The molecule has 0 amide bonds. The predicted molar refractivity (Wildman–Crippen MR) is 56.1 cm³/mol. The number of aliphatic hydroxyl groups is 1. The van der Waals surface area contributed by atoms with Crippen LogP contribution < -0.4 is 0 Å². The molecule has 1 aromatic heterocycles. The second-order valence-corrected chi connectivity index (χ2v) is 5.40. The molecule has 2 saturated carbocycles. The zero-order chi connectivity index (χ0) is 9.65. The molecule has 1 spiro atoms. The molecule has 1 aromatic rings. The van der Waals surface area contributed by atoms with E-state index in [0.29, 0.717) is 0 Å².